The van der Waals surface area contributed by atoms with Crippen LogP contribution < -0.4 is 0 Å². The summed E-state index contributed by atoms with van der Waals surface area (Å²) in [5.74, 6) is 2.69. The van der Waals surface area contributed by atoms with E-state index in [1.807, 2.05) is 0 Å². The average molecular weight is 559 g/mol. The molecule has 1 rings (SSSR count). The summed E-state index contributed by atoms with van der Waals surface area (Å²) >= 11 is 2.27. The summed E-state index contributed by atoms with van der Waals surface area (Å²) in [6, 6.07) is 7.30. The number of hydrogen-bond donors (Lipinski definition) is 0. The largest absolute Gasteiger partial charge is 0.157 e. The maximum atomic E-state index is 2.55. The minimum Gasteiger partial charge on any atom is -0.157 e. The molecule has 0 nitrogen and oxygen atoms in total. The number of benzene rings is 1. The topological polar surface area (TPSA) is 0 Å². The van der Waals surface area contributed by atoms with Crippen LogP contribution in [0.1, 0.15) is 160 Å². The first-order chi connectivity index (χ1) is 17.2. The monoisotopic (exact) mass is 559 g/mol. The van der Waals surface area contributed by atoms with Crippen molar-refractivity contribution in [1.82, 2.24) is 0 Å². The molecular formula is C38H70S. The van der Waals surface area contributed by atoms with Crippen LogP contribution >= 0.6 is 11.8 Å². The molecule has 0 aromatic heterocycles. The Hall–Kier alpha value is -0.430. The van der Waals surface area contributed by atoms with Crippen molar-refractivity contribution in [3.63, 3.8) is 0 Å². The van der Waals surface area contributed by atoms with Crippen LogP contribution in [0.4, 0.5) is 0 Å². The van der Waals surface area contributed by atoms with Crippen LogP contribution in [0.2, 0.25) is 0 Å². The highest BCUT2D eigenvalue weighted by molar-refractivity contribution is 7.99. The summed E-state index contributed by atoms with van der Waals surface area (Å²) in [5.41, 5.74) is 5.99. The van der Waals surface area contributed by atoms with Gasteiger partial charge in [-0.2, -0.15) is 11.8 Å². The number of hydrogen-bond acceptors (Lipinski definition) is 1. The second-order valence-corrected chi connectivity index (χ2v) is 20.1. The predicted molar refractivity (Wildman–Crippen MR) is 182 cm³/mol. The molecule has 2 atom stereocenters. The highest BCUT2D eigenvalue weighted by Crippen LogP contribution is 2.49. The van der Waals surface area contributed by atoms with Crippen LogP contribution in [0.3, 0.4) is 0 Å². The summed E-state index contributed by atoms with van der Waals surface area (Å²) in [4.78, 5) is 0. The maximum absolute atomic E-state index is 2.55. The Morgan fingerprint density at radius 2 is 1.15 bits per heavy atom. The van der Waals surface area contributed by atoms with Crippen LogP contribution in [0.25, 0.3) is 0 Å². The highest BCUT2D eigenvalue weighted by atomic mass is 32.2. The van der Waals surface area contributed by atoms with Crippen molar-refractivity contribution in [2.45, 2.75) is 166 Å². The van der Waals surface area contributed by atoms with Crippen molar-refractivity contribution in [2.75, 3.05) is 5.75 Å². The molecule has 39 heavy (non-hydrogen) atoms. The SMILES string of the molecule is Cc1cc(C(C)(C)C)cc(C(C)(C)CC(C)(C)CC(C)(C)C(SCC(C)CC(C)(C)CC(C)(C)C)C(C)C)c1. The molecule has 1 aromatic carbocycles. The van der Waals surface area contributed by atoms with Gasteiger partial charge >= 0.3 is 0 Å². The fraction of sp³-hybridized carbons (Fsp3) is 0.842. The summed E-state index contributed by atoms with van der Waals surface area (Å²) in [6.07, 6.45) is 5.05. The zero-order valence-electron chi connectivity index (χ0n) is 29.9. The summed E-state index contributed by atoms with van der Waals surface area (Å²) in [5, 5.41) is 0.666. The van der Waals surface area contributed by atoms with Crippen LogP contribution in [0.5, 0.6) is 0 Å². The van der Waals surface area contributed by atoms with Crippen LogP contribution in [-0.4, -0.2) is 11.0 Å². The first-order valence-corrected chi connectivity index (χ1v) is 17.0. The second kappa shape index (κ2) is 12.8. The summed E-state index contributed by atoms with van der Waals surface area (Å²) < 4.78 is 0. The van der Waals surface area contributed by atoms with E-state index >= 15 is 0 Å². The van der Waals surface area contributed by atoms with Gasteiger partial charge in [0, 0.05) is 5.25 Å². The van der Waals surface area contributed by atoms with E-state index in [-0.39, 0.29) is 21.7 Å². The summed E-state index contributed by atoms with van der Waals surface area (Å²) in [6.45, 7) is 43.9. The fourth-order valence-corrected chi connectivity index (χ4v) is 9.97. The molecule has 0 radical (unpaired) electrons. The molecule has 0 amide bonds. The lowest BCUT2D eigenvalue weighted by Gasteiger charge is -2.45. The van der Waals surface area contributed by atoms with Crippen LogP contribution in [0, 0.1) is 40.4 Å². The molecule has 0 saturated heterocycles. The van der Waals surface area contributed by atoms with Crippen molar-refractivity contribution in [3.8, 4) is 0 Å². The number of aryl methyl sites for hydroxylation is 1. The molecule has 0 N–H and O–H groups in total. The lowest BCUT2D eigenvalue weighted by Crippen LogP contribution is -2.38. The molecule has 0 heterocycles. The van der Waals surface area contributed by atoms with Crippen LogP contribution in [-0.2, 0) is 10.8 Å². The van der Waals surface area contributed by atoms with E-state index in [1.165, 1.54) is 48.1 Å². The Bertz CT molecular complexity index is 898. The molecular weight excluding hydrogens is 488 g/mol. The van der Waals surface area contributed by atoms with Gasteiger partial charge in [0.1, 0.15) is 0 Å². The van der Waals surface area contributed by atoms with Crippen molar-refractivity contribution < 1.29 is 0 Å². The second-order valence-electron chi connectivity index (χ2n) is 18.9. The molecule has 1 aromatic rings. The third-order valence-electron chi connectivity index (χ3n) is 8.43. The molecule has 0 fully saturated rings. The zero-order chi connectivity index (χ0) is 30.8. The number of rotatable bonds is 13. The molecule has 228 valence electrons. The van der Waals surface area contributed by atoms with E-state index in [0.717, 1.165) is 5.92 Å². The Kier molecular flexibility index (Phi) is 12.0. The lowest BCUT2D eigenvalue weighted by atomic mass is 9.64. The van der Waals surface area contributed by atoms with Crippen LogP contribution in [0.15, 0.2) is 18.2 Å². The Morgan fingerprint density at radius 1 is 0.641 bits per heavy atom. The smallest absolute Gasteiger partial charge is 0.0121 e. The Morgan fingerprint density at radius 3 is 1.62 bits per heavy atom. The lowest BCUT2D eigenvalue weighted by molar-refractivity contribution is 0.139. The molecule has 0 spiro atoms. The maximum Gasteiger partial charge on any atom is 0.0121 e. The first kappa shape index (κ1) is 36.6. The third kappa shape index (κ3) is 12.5. The standard InChI is InChI=1S/C38H70S/c1-27(2)32(39-23-29(4)22-35(11,12)24-33(5,6)7)38(17,18)26-36(13,14)25-37(15,16)31-20-28(3)19-30(21-31)34(8,9)10/h19-21,27,29,32H,22-26H2,1-18H3. The van der Waals surface area contributed by atoms with Gasteiger partial charge in [-0.3, -0.25) is 0 Å². The minimum absolute atomic E-state index is 0.138. The van der Waals surface area contributed by atoms with Gasteiger partial charge in [-0.1, -0.05) is 141 Å². The summed E-state index contributed by atoms with van der Waals surface area (Å²) in [7, 11) is 0. The first-order valence-electron chi connectivity index (χ1n) is 15.9. The molecule has 2 unspecified atom stereocenters. The Balaban J connectivity index is 3.02. The van der Waals surface area contributed by atoms with Gasteiger partial charge in [0.05, 0.1) is 0 Å². The Labute approximate surface area is 251 Å². The zero-order valence-corrected chi connectivity index (χ0v) is 30.7. The molecule has 0 bridgehead atoms. The van der Waals surface area contributed by atoms with Gasteiger partial charge in [-0.25, -0.2) is 0 Å². The van der Waals surface area contributed by atoms with E-state index < -0.39 is 0 Å². The van der Waals surface area contributed by atoms with Gasteiger partial charge in [-0.05, 0) is 93.8 Å². The molecule has 0 aliphatic carbocycles. The normalized spacial score (nSPS) is 16.1. The van der Waals surface area contributed by atoms with Gasteiger partial charge in [0.25, 0.3) is 0 Å². The minimum atomic E-state index is 0.138. The van der Waals surface area contributed by atoms with E-state index in [0.29, 0.717) is 22.0 Å². The molecule has 0 aliphatic heterocycles. The van der Waals surface area contributed by atoms with Crippen molar-refractivity contribution in [1.29, 1.82) is 0 Å². The van der Waals surface area contributed by atoms with Crippen molar-refractivity contribution >= 4 is 11.8 Å². The van der Waals surface area contributed by atoms with Gasteiger partial charge in [0.15, 0.2) is 0 Å². The molecule has 1 heteroatoms. The number of thioether (sulfide) groups is 1. The van der Waals surface area contributed by atoms with Crippen molar-refractivity contribution in [2.24, 2.45) is 33.5 Å². The van der Waals surface area contributed by atoms with Gasteiger partial charge in [-0.15, -0.1) is 0 Å². The van der Waals surface area contributed by atoms with Crippen molar-refractivity contribution in [3.05, 3.63) is 34.9 Å². The highest BCUT2D eigenvalue weighted by Gasteiger charge is 2.40. The fourth-order valence-electron chi connectivity index (χ4n) is 8.40. The average Bonchev–Trinajstić information content (AvgIpc) is 2.61. The molecule has 0 saturated carbocycles. The quantitative estimate of drug-likeness (QED) is 0.232. The van der Waals surface area contributed by atoms with Gasteiger partial charge in [0.2, 0.25) is 0 Å². The van der Waals surface area contributed by atoms with E-state index in [2.05, 4.69) is 155 Å². The predicted octanol–water partition coefficient (Wildman–Crippen LogP) is 12.6. The van der Waals surface area contributed by atoms with E-state index in [4.69, 9.17) is 0 Å². The van der Waals surface area contributed by atoms with E-state index in [1.54, 1.807) is 0 Å². The van der Waals surface area contributed by atoms with Gasteiger partial charge < -0.3 is 0 Å². The molecule has 0 aliphatic rings. The third-order valence-corrected chi connectivity index (χ3v) is 10.7. The van der Waals surface area contributed by atoms with E-state index in [9.17, 15) is 0 Å².